The standard InChI is InChI=1S/C18H15BrN4O2/c1-12(22-23-18(25)15-7-2-3-8-16(15)19)9-17(24)21-14-6-4-5-13(10-14)11-20/h2-8,10H,9H2,1H3,(H,21,24)(H,23,25)/b22-12-. The van der Waals surface area contributed by atoms with E-state index in [0.29, 0.717) is 27.0 Å². The van der Waals surface area contributed by atoms with E-state index in [2.05, 4.69) is 31.8 Å². The predicted molar refractivity (Wildman–Crippen MR) is 99.1 cm³/mol. The normalized spacial score (nSPS) is 10.7. The molecule has 0 aromatic heterocycles. The quantitative estimate of drug-likeness (QED) is 0.596. The fraction of sp³-hybridized carbons (Fsp3) is 0.111. The molecule has 6 nitrogen and oxygen atoms in total. The van der Waals surface area contributed by atoms with Crippen molar-refractivity contribution in [2.24, 2.45) is 5.10 Å². The number of carbonyl (C=O) groups is 2. The first-order valence-corrected chi connectivity index (χ1v) is 8.17. The van der Waals surface area contributed by atoms with Crippen LogP contribution in [0.2, 0.25) is 0 Å². The number of hydrogen-bond donors (Lipinski definition) is 2. The molecule has 0 aliphatic rings. The molecule has 0 aliphatic heterocycles. The monoisotopic (exact) mass is 398 g/mol. The minimum atomic E-state index is -0.367. The van der Waals surface area contributed by atoms with Crippen LogP contribution < -0.4 is 10.7 Å². The molecular formula is C18H15BrN4O2. The molecule has 0 atom stereocenters. The lowest BCUT2D eigenvalue weighted by atomic mass is 10.2. The average molecular weight is 399 g/mol. The highest BCUT2D eigenvalue weighted by molar-refractivity contribution is 9.10. The predicted octanol–water partition coefficient (Wildman–Crippen LogP) is 3.46. The lowest BCUT2D eigenvalue weighted by Gasteiger charge is -2.06. The van der Waals surface area contributed by atoms with E-state index in [1.54, 1.807) is 55.5 Å². The smallest absolute Gasteiger partial charge is 0.272 e. The van der Waals surface area contributed by atoms with Crippen LogP contribution in [0.1, 0.15) is 29.3 Å². The van der Waals surface area contributed by atoms with Gasteiger partial charge in [-0.05, 0) is 53.2 Å². The summed E-state index contributed by atoms with van der Waals surface area (Å²) in [6, 6.07) is 15.6. The van der Waals surface area contributed by atoms with Crippen molar-refractivity contribution in [1.82, 2.24) is 5.43 Å². The number of nitrogens with zero attached hydrogens (tertiary/aromatic N) is 2. The molecule has 0 fully saturated rings. The first-order chi connectivity index (χ1) is 12.0. The van der Waals surface area contributed by atoms with Crippen LogP contribution in [0.4, 0.5) is 5.69 Å². The van der Waals surface area contributed by atoms with Crippen molar-refractivity contribution in [2.45, 2.75) is 13.3 Å². The van der Waals surface area contributed by atoms with Crippen molar-refractivity contribution in [1.29, 1.82) is 5.26 Å². The zero-order chi connectivity index (χ0) is 18.2. The lowest BCUT2D eigenvalue weighted by Crippen LogP contribution is -2.21. The number of rotatable bonds is 5. The number of halogens is 1. The van der Waals surface area contributed by atoms with Gasteiger partial charge in [-0.15, -0.1) is 0 Å². The van der Waals surface area contributed by atoms with Gasteiger partial charge >= 0.3 is 0 Å². The third kappa shape index (κ3) is 5.55. The molecule has 126 valence electrons. The van der Waals surface area contributed by atoms with Crippen molar-refractivity contribution in [2.75, 3.05) is 5.32 Å². The Morgan fingerprint density at radius 3 is 2.68 bits per heavy atom. The summed E-state index contributed by atoms with van der Waals surface area (Å²) in [5.41, 5.74) is 4.33. The first kappa shape index (κ1) is 18.4. The number of amides is 2. The molecule has 0 bridgehead atoms. The minimum Gasteiger partial charge on any atom is -0.326 e. The molecule has 0 radical (unpaired) electrons. The van der Waals surface area contributed by atoms with Gasteiger partial charge in [-0.2, -0.15) is 10.4 Å². The maximum atomic E-state index is 12.0. The van der Waals surface area contributed by atoms with Gasteiger partial charge in [0.25, 0.3) is 5.91 Å². The zero-order valence-corrected chi connectivity index (χ0v) is 15.0. The van der Waals surface area contributed by atoms with Crippen molar-refractivity contribution in [3.63, 3.8) is 0 Å². The molecule has 0 unspecified atom stereocenters. The number of nitriles is 1. The van der Waals surface area contributed by atoms with Crippen LogP contribution in [-0.4, -0.2) is 17.5 Å². The van der Waals surface area contributed by atoms with Gasteiger partial charge in [0, 0.05) is 15.9 Å². The summed E-state index contributed by atoms with van der Waals surface area (Å²) in [6.07, 6.45) is 0.0209. The summed E-state index contributed by atoms with van der Waals surface area (Å²) in [5.74, 6) is -0.652. The summed E-state index contributed by atoms with van der Waals surface area (Å²) >= 11 is 3.30. The van der Waals surface area contributed by atoms with E-state index < -0.39 is 0 Å². The second-order valence-electron chi connectivity index (χ2n) is 5.19. The molecule has 0 heterocycles. The van der Waals surface area contributed by atoms with Crippen LogP contribution in [0.25, 0.3) is 0 Å². The molecule has 2 aromatic rings. The highest BCUT2D eigenvalue weighted by Gasteiger charge is 2.09. The fourth-order valence-corrected chi connectivity index (χ4v) is 2.46. The number of hydrazone groups is 1. The van der Waals surface area contributed by atoms with Crippen LogP contribution in [0.5, 0.6) is 0 Å². The Morgan fingerprint density at radius 1 is 1.20 bits per heavy atom. The Labute approximate surface area is 153 Å². The van der Waals surface area contributed by atoms with E-state index in [-0.39, 0.29) is 18.2 Å². The molecule has 0 saturated heterocycles. The fourth-order valence-electron chi connectivity index (χ4n) is 2.00. The van der Waals surface area contributed by atoms with Gasteiger partial charge in [0.15, 0.2) is 0 Å². The Balaban J connectivity index is 1.92. The highest BCUT2D eigenvalue weighted by Crippen LogP contribution is 2.15. The van der Waals surface area contributed by atoms with Gasteiger partial charge in [0.05, 0.1) is 23.6 Å². The summed E-state index contributed by atoms with van der Waals surface area (Å²) < 4.78 is 0.662. The Kier molecular flexibility index (Phi) is 6.43. The van der Waals surface area contributed by atoms with Crippen molar-refractivity contribution >= 4 is 39.1 Å². The summed E-state index contributed by atoms with van der Waals surface area (Å²) in [7, 11) is 0. The maximum Gasteiger partial charge on any atom is 0.272 e. The maximum absolute atomic E-state index is 12.0. The van der Waals surface area contributed by atoms with Crippen LogP contribution in [0.3, 0.4) is 0 Å². The number of carbonyl (C=O) groups excluding carboxylic acids is 2. The molecule has 0 saturated carbocycles. The number of anilines is 1. The molecule has 0 aliphatic carbocycles. The number of hydrogen-bond acceptors (Lipinski definition) is 4. The van der Waals surface area contributed by atoms with E-state index in [9.17, 15) is 9.59 Å². The number of nitrogens with one attached hydrogen (secondary N) is 2. The summed E-state index contributed by atoms with van der Waals surface area (Å²) in [4.78, 5) is 24.0. The third-order valence-electron chi connectivity index (χ3n) is 3.16. The molecule has 2 aromatic carbocycles. The van der Waals surface area contributed by atoms with E-state index in [4.69, 9.17) is 5.26 Å². The molecule has 2 amide bonds. The second kappa shape index (κ2) is 8.76. The minimum absolute atomic E-state index is 0.0209. The average Bonchev–Trinajstić information content (AvgIpc) is 2.60. The van der Waals surface area contributed by atoms with Gasteiger partial charge in [0.1, 0.15) is 0 Å². The zero-order valence-electron chi connectivity index (χ0n) is 13.4. The van der Waals surface area contributed by atoms with Crippen molar-refractivity contribution in [3.8, 4) is 6.07 Å². The largest absolute Gasteiger partial charge is 0.326 e. The molecule has 2 rings (SSSR count). The van der Waals surface area contributed by atoms with Crippen LogP contribution in [-0.2, 0) is 4.79 Å². The van der Waals surface area contributed by atoms with Gasteiger partial charge < -0.3 is 5.32 Å². The summed E-state index contributed by atoms with van der Waals surface area (Å²) in [6.45, 7) is 1.64. The highest BCUT2D eigenvalue weighted by atomic mass is 79.9. The van der Waals surface area contributed by atoms with Gasteiger partial charge in [-0.3, -0.25) is 9.59 Å². The molecule has 25 heavy (non-hydrogen) atoms. The molecule has 0 spiro atoms. The second-order valence-corrected chi connectivity index (χ2v) is 6.04. The Bertz CT molecular complexity index is 871. The van der Waals surface area contributed by atoms with Crippen molar-refractivity contribution < 1.29 is 9.59 Å². The Morgan fingerprint density at radius 2 is 1.96 bits per heavy atom. The molecule has 2 N–H and O–H groups in total. The van der Waals surface area contributed by atoms with Crippen LogP contribution in [0.15, 0.2) is 58.1 Å². The lowest BCUT2D eigenvalue weighted by molar-refractivity contribution is -0.115. The van der Waals surface area contributed by atoms with Crippen LogP contribution in [0, 0.1) is 11.3 Å². The summed E-state index contributed by atoms with van der Waals surface area (Å²) in [5, 5.41) is 15.5. The molecular weight excluding hydrogens is 384 g/mol. The number of benzene rings is 2. The van der Waals surface area contributed by atoms with E-state index >= 15 is 0 Å². The SMILES string of the molecule is C/C(CC(=O)Nc1cccc(C#N)c1)=N/NC(=O)c1ccccc1Br. The van der Waals surface area contributed by atoms with Gasteiger partial charge in [-0.1, -0.05) is 18.2 Å². The molecule has 7 heteroatoms. The third-order valence-corrected chi connectivity index (χ3v) is 3.85. The van der Waals surface area contributed by atoms with Crippen molar-refractivity contribution in [3.05, 3.63) is 64.1 Å². The Hall–Kier alpha value is -2.98. The van der Waals surface area contributed by atoms with Gasteiger partial charge in [0.2, 0.25) is 5.91 Å². The topological polar surface area (TPSA) is 94.3 Å². The van der Waals surface area contributed by atoms with E-state index in [1.807, 2.05) is 6.07 Å². The van der Waals surface area contributed by atoms with Gasteiger partial charge in [-0.25, -0.2) is 5.43 Å². The van der Waals surface area contributed by atoms with E-state index in [1.165, 1.54) is 0 Å². The van der Waals surface area contributed by atoms with E-state index in [0.717, 1.165) is 0 Å². The first-order valence-electron chi connectivity index (χ1n) is 7.37. The van der Waals surface area contributed by atoms with Crippen LogP contribution >= 0.6 is 15.9 Å².